The van der Waals surface area contributed by atoms with Crippen molar-refractivity contribution in [3.05, 3.63) is 18.7 Å². The minimum atomic E-state index is -0.747. The number of carboxylic acid groups (broad SMARTS) is 1. The standard InChI is InChI=1S/C12H20N2O2.ClH/c1-2-3-4-5-7-13-9-10-14(11-13)8-6-12(15)16;/h9-11H,2-8H2,1H3;1H. The van der Waals surface area contributed by atoms with Gasteiger partial charge in [-0.15, -0.1) is 0 Å². The fraction of sp³-hybridized carbons (Fsp3) is 0.667. The molecule has 0 amide bonds. The Morgan fingerprint density at radius 3 is 2.76 bits per heavy atom. The van der Waals surface area contributed by atoms with Crippen LogP contribution in [0.4, 0.5) is 0 Å². The summed E-state index contributed by atoms with van der Waals surface area (Å²) in [6.45, 7) is 3.78. The predicted octanol–water partition coefficient (Wildman–Crippen LogP) is -1.17. The molecule has 0 saturated carbocycles. The molecule has 0 radical (unpaired) electrons. The molecule has 4 nitrogen and oxygen atoms in total. The Kier molecular flexibility index (Phi) is 8.50. The van der Waals surface area contributed by atoms with E-state index in [0.717, 1.165) is 6.54 Å². The first kappa shape index (κ1) is 16.0. The molecule has 1 rings (SSSR count). The van der Waals surface area contributed by atoms with Crippen LogP contribution in [0.15, 0.2) is 18.7 Å². The number of carboxylic acids is 1. The Labute approximate surface area is 109 Å². The van der Waals surface area contributed by atoms with Gasteiger partial charge in [-0.1, -0.05) is 19.8 Å². The third kappa shape index (κ3) is 7.00. The quantitative estimate of drug-likeness (QED) is 0.473. The monoisotopic (exact) mass is 260 g/mol. The van der Waals surface area contributed by atoms with Crippen molar-refractivity contribution in [1.29, 1.82) is 0 Å². The van der Waals surface area contributed by atoms with Gasteiger partial charge in [-0.2, -0.15) is 0 Å². The summed E-state index contributed by atoms with van der Waals surface area (Å²) < 4.78 is 4.05. The molecule has 0 aromatic carbocycles. The number of carbonyl (C=O) groups is 1. The van der Waals surface area contributed by atoms with Crippen molar-refractivity contribution in [3.63, 3.8) is 0 Å². The van der Waals surface area contributed by atoms with Gasteiger partial charge < -0.3 is 17.5 Å². The summed E-state index contributed by atoms with van der Waals surface area (Å²) in [7, 11) is 0. The van der Waals surface area contributed by atoms with Crippen LogP contribution in [0.3, 0.4) is 0 Å². The van der Waals surface area contributed by atoms with Crippen molar-refractivity contribution in [2.45, 2.75) is 52.1 Å². The molecule has 0 aliphatic heterocycles. The van der Waals surface area contributed by atoms with Gasteiger partial charge in [0, 0.05) is 0 Å². The number of aliphatic carboxylic acids is 1. The van der Waals surface area contributed by atoms with Gasteiger partial charge in [-0.3, -0.25) is 4.79 Å². The lowest BCUT2D eigenvalue weighted by Crippen LogP contribution is -3.00. The summed E-state index contributed by atoms with van der Waals surface area (Å²) >= 11 is 0. The summed E-state index contributed by atoms with van der Waals surface area (Å²) in [4.78, 5) is 10.4. The van der Waals surface area contributed by atoms with E-state index in [1.54, 1.807) is 0 Å². The Hall–Kier alpha value is -1.03. The highest BCUT2D eigenvalue weighted by Gasteiger charge is 2.05. The number of imidazole rings is 1. The fourth-order valence-electron chi connectivity index (χ4n) is 1.65. The minimum absolute atomic E-state index is 0. The third-order valence-electron chi connectivity index (χ3n) is 2.60. The Balaban J connectivity index is 0.00000256. The molecule has 17 heavy (non-hydrogen) atoms. The molecule has 0 unspecified atom stereocenters. The highest BCUT2D eigenvalue weighted by Crippen LogP contribution is 1.98. The van der Waals surface area contributed by atoms with Crippen LogP contribution < -0.4 is 17.0 Å². The van der Waals surface area contributed by atoms with Crippen LogP contribution in [0.2, 0.25) is 0 Å². The van der Waals surface area contributed by atoms with Crippen LogP contribution in [-0.4, -0.2) is 15.6 Å². The van der Waals surface area contributed by atoms with Crippen molar-refractivity contribution in [2.75, 3.05) is 0 Å². The number of halogens is 1. The molecule has 1 N–H and O–H groups in total. The van der Waals surface area contributed by atoms with Crippen LogP contribution in [-0.2, 0) is 17.9 Å². The molecule has 0 bridgehead atoms. The maximum atomic E-state index is 10.4. The Morgan fingerprint density at radius 2 is 2.12 bits per heavy atom. The van der Waals surface area contributed by atoms with Crippen LogP contribution in [0.1, 0.15) is 39.0 Å². The summed E-state index contributed by atoms with van der Waals surface area (Å²) in [5, 5.41) is 8.56. The van der Waals surface area contributed by atoms with E-state index < -0.39 is 5.97 Å². The van der Waals surface area contributed by atoms with Gasteiger partial charge >= 0.3 is 5.97 Å². The zero-order valence-corrected chi connectivity index (χ0v) is 11.1. The molecular weight excluding hydrogens is 240 g/mol. The Morgan fingerprint density at radius 1 is 1.35 bits per heavy atom. The van der Waals surface area contributed by atoms with Gasteiger partial charge in [0.1, 0.15) is 18.9 Å². The molecule has 1 aromatic heterocycles. The second-order valence-corrected chi connectivity index (χ2v) is 4.09. The van der Waals surface area contributed by atoms with Gasteiger partial charge in [0.15, 0.2) is 0 Å². The first-order chi connectivity index (χ1) is 7.72. The zero-order chi connectivity index (χ0) is 11.8. The lowest BCUT2D eigenvalue weighted by molar-refractivity contribution is -0.696. The maximum absolute atomic E-state index is 10.4. The van der Waals surface area contributed by atoms with E-state index in [0.29, 0.717) is 6.54 Å². The summed E-state index contributed by atoms with van der Waals surface area (Å²) in [6, 6.07) is 0. The first-order valence-corrected chi connectivity index (χ1v) is 5.99. The molecule has 0 atom stereocenters. The molecular formula is C12H21ClN2O2. The van der Waals surface area contributed by atoms with E-state index in [9.17, 15) is 4.79 Å². The number of unbranched alkanes of at least 4 members (excludes halogenated alkanes) is 3. The van der Waals surface area contributed by atoms with E-state index in [1.807, 2.05) is 23.3 Å². The van der Waals surface area contributed by atoms with E-state index in [4.69, 9.17) is 5.11 Å². The molecule has 0 saturated heterocycles. The fourth-order valence-corrected chi connectivity index (χ4v) is 1.65. The number of hydrogen-bond acceptors (Lipinski definition) is 1. The van der Waals surface area contributed by atoms with E-state index in [-0.39, 0.29) is 18.8 Å². The van der Waals surface area contributed by atoms with Crippen LogP contribution >= 0.6 is 0 Å². The number of rotatable bonds is 8. The normalized spacial score (nSPS) is 9.94. The van der Waals surface area contributed by atoms with Crippen molar-refractivity contribution in [1.82, 2.24) is 4.57 Å². The molecule has 0 aliphatic carbocycles. The summed E-state index contributed by atoms with van der Waals surface area (Å²) in [6.07, 6.45) is 11.1. The van der Waals surface area contributed by atoms with Gasteiger partial charge in [-0.05, 0) is 12.8 Å². The van der Waals surface area contributed by atoms with E-state index in [1.165, 1.54) is 25.7 Å². The SMILES string of the molecule is CCCCCC[n+]1ccn(CCC(=O)O)c1.[Cl-]. The molecule has 98 valence electrons. The number of nitrogens with zero attached hydrogens (tertiary/aromatic N) is 2. The van der Waals surface area contributed by atoms with Gasteiger partial charge in [0.25, 0.3) is 0 Å². The number of hydrogen-bond donors (Lipinski definition) is 1. The second kappa shape index (κ2) is 9.05. The molecule has 1 heterocycles. The van der Waals surface area contributed by atoms with Crippen LogP contribution in [0.25, 0.3) is 0 Å². The average molecular weight is 261 g/mol. The predicted molar refractivity (Wildman–Crippen MR) is 61.0 cm³/mol. The van der Waals surface area contributed by atoms with E-state index in [2.05, 4.69) is 11.5 Å². The van der Waals surface area contributed by atoms with Crippen molar-refractivity contribution >= 4 is 5.97 Å². The van der Waals surface area contributed by atoms with E-state index >= 15 is 0 Å². The smallest absolute Gasteiger partial charge is 0.307 e. The van der Waals surface area contributed by atoms with Gasteiger partial charge in [0.05, 0.1) is 13.0 Å². The number of aromatic nitrogens is 2. The second-order valence-electron chi connectivity index (χ2n) is 4.09. The largest absolute Gasteiger partial charge is 1.00 e. The molecule has 0 fully saturated rings. The highest BCUT2D eigenvalue weighted by atomic mass is 35.5. The van der Waals surface area contributed by atoms with Gasteiger partial charge in [-0.25, -0.2) is 9.13 Å². The van der Waals surface area contributed by atoms with Crippen LogP contribution in [0.5, 0.6) is 0 Å². The molecule has 0 spiro atoms. The lowest BCUT2D eigenvalue weighted by Gasteiger charge is -1.96. The third-order valence-corrected chi connectivity index (χ3v) is 2.60. The topological polar surface area (TPSA) is 46.1 Å². The molecule has 1 aromatic rings. The van der Waals surface area contributed by atoms with Crippen molar-refractivity contribution in [3.8, 4) is 0 Å². The molecule has 0 aliphatic rings. The zero-order valence-electron chi connectivity index (χ0n) is 10.3. The average Bonchev–Trinajstić information content (AvgIpc) is 2.70. The van der Waals surface area contributed by atoms with Gasteiger partial charge in [0.2, 0.25) is 6.33 Å². The van der Waals surface area contributed by atoms with Crippen molar-refractivity contribution < 1.29 is 26.9 Å². The van der Waals surface area contributed by atoms with Crippen LogP contribution in [0, 0.1) is 0 Å². The summed E-state index contributed by atoms with van der Waals surface area (Å²) in [5.41, 5.74) is 0. The highest BCUT2D eigenvalue weighted by molar-refractivity contribution is 5.66. The maximum Gasteiger partial charge on any atom is 0.307 e. The van der Waals surface area contributed by atoms with Crippen molar-refractivity contribution in [2.24, 2.45) is 0 Å². The summed E-state index contributed by atoms with van der Waals surface area (Å²) in [5.74, 6) is -0.747. The number of aryl methyl sites for hydroxylation is 2. The first-order valence-electron chi connectivity index (χ1n) is 5.99. The lowest BCUT2D eigenvalue weighted by atomic mass is 10.2. The minimum Gasteiger partial charge on any atom is -1.00 e. The Bertz CT molecular complexity index is 326. The molecule has 5 heteroatoms.